The summed E-state index contributed by atoms with van der Waals surface area (Å²) >= 11 is 9.53. The van der Waals surface area contributed by atoms with Crippen LogP contribution in [0.2, 0.25) is 5.02 Å². The maximum atomic E-state index is 6.01. The van der Waals surface area contributed by atoms with Gasteiger partial charge < -0.3 is 15.8 Å². The second-order valence-corrected chi connectivity index (χ2v) is 5.71. The Labute approximate surface area is 128 Å². The smallest absolute Gasteiger partial charge is 0.0672 e. The van der Waals surface area contributed by atoms with Crippen molar-refractivity contribution in [1.82, 2.24) is 5.32 Å². The second-order valence-electron chi connectivity index (χ2n) is 4.42. The van der Waals surface area contributed by atoms with E-state index in [2.05, 4.69) is 27.8 Å². The van der Waals surface area contributed by atoms with Crippen LogP contribution >= 0.6 is 27.5 Å². The van der Waals surface area contributed by atoms with Crippen molar-refractivity contribution in [2.24, 2.45) is 5.73 Å². The third-order valence-electron chi connectivity index (χ3n) is 2.55. The Hall–Kier alpha value is -0.390. The minimum atomic E-state index is 0.0569. The quantitative estimate of drug-likeness (QED) is 0.560. The van der Waals surface area contributed by atoms with Crippen LogP contribution < -0.4 is 11.1 Å². The predicted molar refractivity (Wildman–Crippen MR) is 84.6 cm³/mol. The standard InChI is InChI=1S/C14H20BrClN2O/c1-10(2)9-19-6-5-18-14(8-17)12-7-11(16)3-4-13(12)15/h3-4,7,14,18H,1,5-6,8-9,17H2,2H3. The average Bonchev–Trinajstić information content (AvgIpc) is 2.37. The number of benzene rings is 1. The van der Waals surface area contributed by atoms with E-state index < -0.39 is 0 Å². The summed E-state index contributed by atoms with van der Waals surface area (Å²) in [6.07, 6.45) is 0. The van der Waals surface area contributed by atoms with Crippen LogP contribution in [0.5, 0.6) is 0 Å². The van der Waals surface area contributed by atoms with Crippen LogP contribution in [0, 0.1) is 0 Å². The topological polar surface area (TPSA) is 47.3 Å². The van der Waals surface area contributed by atoms with E-state index in [4.69, 9.17) is 22.1 Å². The Morgan fingerprint density at radius 3 is 2.95 bits per heavy atom. The molecule has 0 aromatic heterocycles. The van der Waals surface area contributed by atoms with Crippen LogP contribution in [-0.4, -0.2) is 26.3 Å². The number of ether oxygens (including phenoxy) is 1. The van der Waals surface area contributed by atoms with Gasteiger partial charge in [-0.25, -0.2) is 0 Å². The molecule has 1 unspecified atom stereocenters. The highest BCUT2D eigenvalue weighted by Crippen LogP contribution is 2.26. The largest absolute Gasteiger partial charge is 0.376 e. The van der Waals surface area contributed by atoms with E-state index in [-0.39, 0.29) is 6.04 Å². The molecule has 0 aliphatic rings. The molecule has 1 aromatic carbocycles. The molecule has 0 aliphatic heterocycles. The molecular formula is C14H20BrClN2O. The van der Waals surface area contributed by atoms with Crippen molar-refractivity contribution in [1.29, 1.82) is 0 Å². The molecule has 19 heavy (non-hydrogen) atoms. The molecule has 5 heteroatoms. The molecule has 0 spiro atoms. The highest BCUT2D eigenvalue weighted by Gasteiger charge is 2.12. The maximum Gasteiger partial charge on any atom is 0.0672 e. The van der Waals surface area contributed by atoms with Gasteiger partial charge in [-0.2, -0.15) is 0 Å². The van der Waals surface area contributed by atoms with E-state index in [9.17, 15) is 0 Å². The van der Waals surface area contributed by atoms with Gasteiger partial charge in [-0.1, -0.05) is 39.7 Å². The van der Waals surface area contributed by atoms with Crippen molar-refractivity contribution in [3.63, 3.8) is 0 Å². The first-order valence-electron chi connectivity index (χ1n) is 6.15. The van der Waals surface area contributed by atoms with Crippen molar-refractivity contribution < 1.29 is 4.74 Å². The lowest BCUT2D eigenvalue weighted by Gasteiger charge is -2.19. The van der Waals surface area contributed by atoms with Crippen LogP contribution in [0.15, 0.2) is 34.8 Å². The van der Waals surface area contributed by atoms with Crippen LogP contribution in [0.4, 0.5) is 0 Å². The highest BCUT2D eigenvalue weighted by molar-refractivity contribution is 9.10. The summed E-state index contributed by atoms with van der Waals surface area (Å²) < 4.78 is 6.44. The van der Waals surface area contributed by atoms with Crippen LogP contribution in [0.3, 0.4) is 0 Å². The van der Waals surface area contributed by atoms with Gasteiger partial charge in [0.1, 0.15) is 0 Å². The Kier molecular flexibility index (Phi) is 7.64. The van der Waals surface area contributed by atoms with E-state index in [1.165, 1.54) is 0 Å². The van der Waals surface area contributed by atoms with Gasteiger partial charge in [-0.15, -0.1) is 0 Å². The van der Waals surface area contributed by atoms with Crippen molar-refractivity contribution in [3.05, 3.63) is 45.4 Å². The van der Waals surface area contributed by atoms with Crippen LogP contribution in [0.1, 0.15) is 18.5 Å². The third kappa shape index (κ3) is 6.06. The van der Waals surface area contributed by atoms with Gasteiger partial charge in [0, 0.05) is 28.6 Å². The summed E-state index contributed by atoms with van der Waals surface area (Å²) in [5.74, 6) is 0. The molecule has 0 bridgehead atoms. The Morgan fingerprint density at radius 1 is 1.58 bits per heavy atom. The number of halogens is 2. The molecule has 1 rings (SSSR count). The first kappa shape index (κ1) is 16.7. The zero-order valence-electron chi connectivity index (χ0n) is 11.1. The van der Waals surface area contributed by atoms with Crippen molar-refractivity contribution in [2.75, 3.05) is 26.3 Å². The SMILES string of the molecule is C=C(C)COCCNC(CN)c1cc(Cl)ccc1Br. The van der Waals surface area contributed by atoms with Crippen molar-refractivity contribution in [2.45, 2.75) is 13.0 Å². The lowest BCUT2D eigenvalue weighted by atomic mass is 10.1. The lowest BCUT2D eigenvalue weighted by molar-refractivity contribution is 0.155. The third-order valence-corrected chi connectivity index (χ3v) is 3.51. The first-order chi connectivity index (χ1) is 9.04. The number of nitrogens with one attached hydrogen (secondary N) is 1. The highest BCUT2D eigenvalue weighted by atomic mass is 79.9. The molecule has 0 amide bonds. The van der Waals surface area contributed by atoms with Crippen LogP contribution in [-0.2, 0) is 4.74 Å². The van der Waals surface area contributed by atoms with E-state index >= 15 is 0 Å². The Bertz CT molecular complexity index is 426. The summed E-state index contributed by atoms with van der Waals surface area (Å²) in [6, 6.07) is 5.75. The molecule has 0 fully saturated rings. The van der Waals surface area contributed by atoms with Gasteiger partial charge in [-0.3, -0.25) is 0 Å². The molecule has 0 saturated heterocycles. The number of nitrogens with two attached hydrogens (primary N) is 1. The van der Waals surface area contributed by atoms with Gasteiger partial charge in [0.25, 0.3) is 0 Å². The molecule has 0 radical (unpaired) electrons. The average molecular weight is 348 g/mol. The fraction of sp³-hybridized carbons (Fsp3) is 0.429. The Balaban J connectivity index is 2.49. The first-order valence-corrected chi connectivity index (χ1v) is 7.32. The van der Waals surface area contributed by atoms with Crippen molar-refractivity contribution in [3.8, 4) is 0 Å². The molecular weight excluding hydrogens is 328 g/mol. The van der Waals surface area contributed by atoms with E-state index in [1.807, 2.05) is 25.1 Å². The van der Waals surface area contributed by atoms with E-state index in [1.54, 1.807) is 0 Å². The lowest BCUT2D eigenvalue weighted by Crippen LogP contribution is -2.31. The molecule has 0 aliphatic carbocycles. The van der Waals surface area contributed by atoms with E-state index in [0.29, 0.717) is 24.8 Å². The monoisotopic (exact) mass is 346 g/mol. The van der Waals surface area contributed by atoms with Gasteiger partial charge in [0.05, 0.1) is 13.2 Å². The fourth-order valence-electron chi connectivity index (χ4n) is 1.65. The van der Waals surface area contributed by atoms with Gasteiger partial charge in [-0.05, 0) is 30.7 Å². The molecule has 106 valence electrons. The maximum absolute atomic E-state index is 6.01. The minimum Gasteiger partial charge on any atom is -0.376 e. The van der Waals surface area contributed by atoms with Gasteiger partial charge in [0.15, 0.2) is 0 Å². The second kappa shape index (κ2) is 8.72. The zero-order valence-corrected chi connectivity index (χ0v) is 13.4. The van der Waals surface area contributed by atoms with Crippen LogP contribution in [0.25, 0.3) is 0 Å². The fourth-order valence-corrected chi connectivity index (χ4v) is 2.36. The summed E-state index contributed by atoms with van der Waals surface area (Å²) in [6.45, 7) is 8.18. The van der Waals surface area contributed by atoms with Gasteiger partial charge >= 0.3 is 0 Å². The summed E-state index contributed by atoms with van der Waals surface area (Å²) in [4.78, 5) is 0. The number of hydrogen-bond acceptors (Lipinski definition) is 3. The molecule has 0 heterocycles. The number of rotatable bonds is 8. The number of hydrogen-bond donors (Lipinski definition) is 2. The molecule has 1 atom stereocenters. The Morgan fingerprint density at radius 2 is 2.32 bits per heavy atom. The van der Waals surface area contributed by atoms with Gasteiger partial charge in [0.2, 0.25) is 0 Å². The molecule has 0 saturated carbocycles. The summed E-state index contributed by atoms with van der Waals surface area (Å²) in [7, 11) is 0. The molecule has 3 N–H and O–H groups in total. The minimum absolute atomic E-state index is 0.0569. The molecule has 3 nitrogen and oxygen atoms in total. The van der Waals surface area contributed by atoms with E-state index in [0.717, 1.165) is 22.2 Å². The normalized spacial score (nSPS) is 12.4. The predicted octanol–water partition coefficient (Wildman–Crippen LogP) is 3.28. The summed E-state index contributed by atoms with van der Waals surface area (Å²) in [5, 5.41) is 4.06. The zero-order chi connectivity index (χ0) is 14.3. The van der Waals surface area contributed by atoms with Crippen molar-refractivity contribution >= 4 is 27.5 Å². The molecule has 1 aromatic rings. The summed E-state index contributed by atoms with van der Waals surface area (Å²) in [5.41, 5.74) is 7.89.